The smallest absolute Gasteiger partial charge is 0.226 e. The first-order valence-corrected chi connectivity index (χ1v) is 5.43. The Morgan fingerprint density at radius 1 is 1.53 bits per heavy atom. The average Bonchev–Trinajstić information content (AvgIpc) is 2.22. The lowest BCUT2D eigenvalue weighted by Crippen LogP contribution is -2.34. The molecule has 4 N–H and O–H groups in total. The van der Waals surface area contributed by atoms with Gasteiger partial charge in [-0.1, -0.05) is 19.9 Å². The third kappa shape index (κ3) is 3.71. The van der Waals surface area contributed by atoms with Gasteiger partial charge < -0.3 is 16.2 Å². The number of primary amides is 1. The molecule has 0 fully saturated rings. The van der Waals surface area contributed by atoms with Gasteiger partial charge in [0.1, 0.15) is 0 Å². The minimum atomic E-state index is -0.714. The minimum Gasteiger partial charge on any atom is -0.505 e. The normalized spacial score (nSPS) is 12.7. The van der Waals surface area contributed by atoms with E-state index in [4.69, 9.17) is 5.73 Å². The van der Waals surface area contributed by atoms with Crippen LogP contribution in [0.5, 0.6) is 5.75 Å². The van der Waals surface area contributed by atoms with Gasteiger partial charge in [0.15, 0.2) is 11.6 Å². The van der Waals surface area contributed by atoms with Gasteiger partial charge in [-0.25, -0.2) is 4.39 Å². The molecule has 1 amide bonds. The Kier molecular flexibility index (Phi) is 4.45. The standard InChI is InChI=1S/C12H17FN2O2/c1-7(2)15-6-9(12(14)17)8-3-4-10(13)11(16)5-8/h3-5,7,9,15-16H,6H2,1-2H3,(H2,14,17). The van der Waals surface area contributed by atoms with Gasteiger partial charge in [0.25, 0.3) is 0 Å². The molecule has 0 saturated heterocycles. The number of nitrogens with one attached hydrogen (secondary N) is 1. The summed E-state index contributed by atoms with van der Waals surface area (Å²) < 4.78 is 12.9. The van der Waals surface area contributed by atoms with E-state index in [1.165, 1.54) is 12.1 Å². The Morgan fingerprint density at radius 3 is 2.65 bits per heavy atom. The lowest BCUT2D eigenvalue weighted by atomic mass is 9.97. The van der Waals surface area contributed by atoms with Crippen LogP contribution in [0.15, 0.2) is 18.2 Å². The van der Waals surface area contributed by atoms with E-state index < -0.39 is 23.4 Å². The zero-order chi connectivity index (χ0) is 13.0. The summed E-state index contributed by atoms with van der Waals surface area (Å²) >= 11 is 0. The molecule has 17 heavy (non-hydrogen) atoms. The van der Waals surface area contributed by atoms with Gasteiger partial charge in [-0.2, -0.15) is 0 Å². The summed E-state index contributed by atoms with van der Waals surface area (Å²) in [6, 6.07) is 4.01. The maximum atomic E-state index is 12.9. The molecule has 0 aliphatic carbocycles. The number of nitrogens with two attached hydrogens (primary N) is 1. The van der Waals surface area contributed by atoms with Crippen LogP contribution >= 0.6 is 0 Å². The molecule has 0 bridgehead atoms. The van der Waals surface area contributed by atoms with Crippen molar-refractivity contribution in [2.45, 2.75) is 25.8 Å². The monoisotopic (exact) mass is 240 g/mol. The van der Waals surface area contributed by atoms with Crippen LogP contribution in [0.25, 0.3) is 0 Å². The molecular weight excluding hydrogens is 223 g/mol. The number of hydrogen-bond acceptors (Lipinski definition) is 3. The van der Waals surface area contributed by atoms with E-state index in [0.717, 1.165) is 6.07 Å². The topological polar surface area (TPSA) is 75.3 Å². The van der Waals surface area contributed by atoms with Gasteiger partial charge in [0, 0.05) is 12.6 Å². The van der Waals surface area contributed by atoms with Crippen molar-refractivity contribution in [3.05, 3.63) is 29.6 Å². The lowest BCUT2D eigenvalue weighted by Gasteiger charge is -2.16. The first-order valence-electron chi connectivity index (χ1n) is 5.43. The van der Waals surface area contributed by atoms with Crippen LogP contribution in [-0.2, 0) is 4.79 Å². The maximum absolute atomic E-state index is 12.9. The van der Waals surface area contributed by atoms with Gasteiger partial charge in [0.2, 0.25) is 5.91 Å². The first kappa shape index (κ1) is 13.4. The van der Waals surface area contributed by atoms with Crippen molar-refractivity contribution < 1.29 is 14.3 Å². The lowest BCUT2D eigenvalue weighted by molar-refractivity contribution is -0.119. The largest absolute Gasteiger partial charge is 0.505 e. The van der Waals surface area contributed by atoms with E-state index in [0.29, 0.717) is 12.1 Å². The van der Waals surface area contributed by atoms with Crippen molar-refractivity contribution in [1.82, 2.24) is 5.32 Å². The van der Waals surface area contributed by atoms with Crippen LogP contribution in [0, 0.1) is 5.82 Å². The summed E-state index contributed by atoms with van der Waals surface area (Å²) in [4.78, 5) is 11.3. The van der Waals surface area contributed by atoms with Crippen molar-refractivity contribution in [1.29, 1.82) is 0 Å². The SMILES string of the molecule is CC(C)NCC(C(N)=O)c1ccc(F)c(O)c1. The fourth-order valence-corrected chi connectivity index (χ4v) is 1.48. The molecule has 0 spiro atoms. The van der Waals surface area contributed by atoms with Gasteiger partial charge in [-0.15, -0.1) is 0 Å². The molecule has 5 heteroatoms. The summed E-state index contributed by atoms with van der Waals surface area (Å²) in [6.45, 7) is 4.25. The molecule has 1 rings (SSSR count). The first-order chi connectivity index (χ1) is 7.91. The quantitative estimate of drug-likeness (QED) is 0.721. The Bertz CT molecular complexity index is 407. The van der Waals surface area contributed by atoms with E-state index in [-0.39, 0.29) is 6.04 Å². The van der Waals surface area contributed by atoms with Crippen LogP contribution in [0.2, 0.25) is 0 Å². The van der Waals surface area contributed by atoms with Crippen molar-refractivity contribution >= 4 is 5.91 Å². The predicted octanol–water partition coefficient (Wildman–Crippen LogP) is 1.10. The Hall–Kier alpha value is -1.62. The van der Waals surface area contributed by atoms with Gasteiger partial charge in [-0.05, 0) is 17.7 Å². The molecule has 0 heterocycles. The number of phenols is 1. The van der Waals surface area contributed by atoms with Gasteiger partial charge in [-0.3, -0.25) is 4.79 Å². The number of phenolic OH excluding ortho intramolecular Hbond substituents is 1. The highest BCUT2D eigenvalue weighted by Gasteiger charge is 2.19. The summed E-state index contributed by atoms with van der Waals surface area (Å²) in [7, 11) is 0. The molecule has 0 aliphatic rings. The summed E-state index contributed by atoms with van der Waals surface area (Å²) in [5, 5.41) is 12.3. The zero-order valence-corrected chi connectivity index (χ0v) is 9.90. The number of hydrogen-bond donors (Lipinski definition) is 3. The van der Waals surface area contributed by atoms with Crippen molar-refractivity contribution in [3.63, 3.8) is 0 Å². The fourth-order valence-electron chi connectivity index (χ4n) is 1.48. The molecule has 0 saturated carbocycles. The van der Waals surface area contributed by atoms with Crippen molar-refractivity contribution in [2.24, 2.45) is 5.73 Å². The van der Waals surface area contributed by atoms with Crippen molar-refractivity contribution in [2.75, 3.05) is 6.54 Å². The molecular formula is C12H17FN2O2. The average molecular weight is 240 g/mol. The third-order valence-corrected chi connectivity index (χ3v) is 2.45. The van der Waals surface area contributed by atoms with E-state index in [1.807, 2.05) is 13.8 Å². The fraction of sp³-hybridized carbons (Fsp3) is 0.417. The summed E-state index contributed by atoms with van der Waals surface area (Å²) in [5.41, 5.74) is 5.79. The number of halogens is 1. The Labute approximate surface area is 99.6 Å². The molecule has 1 aromatic carbocycles. The van der Waals surface area contributed by atoms with Gasteiger partial charge in [0.05, 0.1) is 5.92 Å². The van der Waals surface area contributed by atoms with Crippen LogP contribution in [0.4, 0.5) is 4.39 Å². The maximum Gasteiger partial charge on any atom is 0.226 e. The zero-order valence-electron chi connectivity index (χ0n) is 9.90. The summed E-state index contributed by atoms with van der Waals surface area (Å²) in [5.74, 6) is -2.28. The number of aromatic hydroxyl groups is 1. The Morgan fingerprint density at radius 2 is 2.18 bits per heavy atom. The summed E-state index contributed by atoms with van der Waals surface area (Å²) in [6.07, 6.45) is 0. The second-order valence-corrected chi connectivity index (χ2v) is 4.23. The molecule has 1 aromatic rings. The number of benzene rings is 1. The highest BCUT2D eigenvalue weighted by atomic mass is 19.1. The molecule has 0 aromatic heterocycles. The molecule has 1 atom stereocenters. The third-order valence-electron chi connectivity index (χ3n) is 2.45. The van der Waals surface area contributed by atoms with Crippen LogP contribution in [0.3, 0.4) is 0 Å². The number of amides is 1. The second kappa shape index (κ2) is 5.63. The minimum absolute atomic E-state index is 0.214. The van der Waals surface area contributed by atoms with E-state index in [2.05, 4.69) is 5.32 Å². The predicted molar refractivity (Wildman–Crippen MR) is 63.1 cm³/mol. The van der Waals surface area contributed by atoms with E-state index >= 15 is 0 Å². The number of carbonyl (C=O) groups is 1. The van der Waals surface area contributed by atoms with Crippen molar-refractivity contribution in [3.8, 4) is 5.75 Å². The Balaban J connectivity index is 2.89. The highest BCUT2D eigenvalue weighted by molar-refractivity contribution is 5.82. The number of rotatable bonds is 5. The van der Waals surface area contributed by atoms with Crippen LogP contribution < -0.4 is 11.1 Å². The van der Waals surface area contributed by atoms with Crippen LogP contribution in [0.1, 0.15) is 25.3 Å². The van der Waals surface area contributed by atoms with E-state index in [1.54, 1.807) is 0 Å². The van der Waals surface area contributed by atoms with Gasteiger partial charge >= 0.3 is 0 Å². The van der Waals surface area contributed by atoms with E-state index in [9.17, 15) is 14.3 Å². The van der Waals surface area contributed by atoms with Crippen LogP contribution in [-0.4, -0.2) is 23.6 Å². The molecule has 0 aliphatic heterocycles. The molecule has 1 unspecified atom stereocenters. The second-order valence-electron chi connectivity index (χ2n) is 4.23. The molecule has 94 valence electrons. The number of carbonyl (C=O) groups excluding carboxylic acids is 1. The molecule has 0 radical (unpaired) electrons. The highest BCUT2D eigenvalue weighted by Crippen LogP contribution is 2.22. The molecule has 4 nitrogen and oxygen atoms in total.